The fourth-order valence-electron chi connectivity index (χ4n) is 4.20. The Morgan fingerprint density at radius 1 is 0.649 bits per heavy atom. The molecule has 0 aliphatic carbocycles. The van der Waals surface area contributed by atoms with Crippen LogP contribution in [-0.2, 0) is 0 Å². The second-order valence-electron chi connectivity index (χ2n) is 8.84. The molecule has 2 amide bonds. The van der Waals surface area contributed by atoms with Crippen molar-refractivity contribution in [2.24, 2.45) is 0 Å². The minimum absolute atomic E-state index is 0.170. The summed E-state index contributed by atoms with van der Waals surface area (Å²) in [7, 11) is 0. The summed E-state index contributed by atoms with van der Waals surface area (Å²) >= 11 is 1.67. The first kappa shape index (κ1) is 24.7. The van der Waals surface area contributed by atoms with Gasteiger partial charge in [0.25, 0.3) is 11.8 Å². The summed E-state index contributed by atoms with van der Waals surface area (Å²) in [5.41, 5.74) is 1.65. The van der Waals surface area contributed by atoms with Crippen molar-refractivity contribution in [1.82, 2.24) is 10.6 Å². The molecule has 1 heterocycles. The number of fused-ring (bicyclic) bond motifs is 4. The van der Waals surface area contributed by atoms with Crippen LogP contribution in [0.4, 0.5) is 0 Å². The minimum atomic E-state index is -0.182. The molecule has 7 heteroatoms. The van der Waals surface area contributed by atoms with Gasteiger partial charge in [0.15, 0.2) is 0 Å². The fraction of sp³-hybridized carbons (Fsp3) is 0.200. The van der Waals surface area contributed by atoms with E-state index in [0.29, 0.717) is 41.3 Å². The van der Waals surface area contributed by atoms with E-state index in [0.717, 1.165) is 33.1 Å². The van der Waals surface area contributed by atoms with Crippen LogP contribution < -0.4 is 20.1 Å². The lowest BCUT2D eigenvalue weighted by molar-refractivity contribution is 0.0945. The van der Waals surface area contributed by atoms with E-state index in [2.05, 4.69) is 17.2 Å². The molecule has 4 aromatic carbocycles. The molecule has 37 heavy (non-hydrogen) atoms. The number of rotatable bonds is 0. The van der Waals surface area contributed by atoms with Crippen LogP contribution in [0, 0.1) is 0 Å². The average Bonchev–Trinajstić information content (AvgIpc) is 2.92. The SMILES string of the molecule is C=C1COc2cc3ccccc3cc2C(=O)NCCSCCNC(=O)c2cc3ccccc3cc2OC1. The van der Waals surface area contributed by atoms with Crippen molar-refractivity contribution in [2.75, 3.05) is 37.8 Å². The van der Waals surface area contributed by atoms with Gasteiger partial charge in [-0.05, 0) is 51.4 Å². The number of hydrogen-bond acceptors (Lipinski definition) is 5. The van der Waals surface area contributed by atoms with Gasteiger partial charge in [-0.1, -0.05) is 55.1 Å². The molecule has 0 radical (unpaired) electrons. The monoisotopic (exact) mass is 512 g/mol. The van der Waals surface area contributed by atoms with Crippen LogP contribution in [0.1, 0.15) is 20.7 Å². The predicted molar refractivity (Wildman–Crippen MR) is 150 cm³/mol. The second-order valence-corrected chi connectivity index (χ2v) is 10.1. The van der Waals surface area contributed by atoms with Crippen molar-refractivity contribution in [3.05, 3.63) is 96.1 Å². The number of thioether (sulfide) groups is 1. The molecule has 5 rings (SSSR count). The highest BCUT2D eigenvalue weighted by Crippen LogP contribution is 2.28. The van der Waals surface area contributed by atoms with Gasteiger partial charge in [-0.3, -0.25) is 9.59 Å². The van der Waals surface area contributed by atoms with Crippen LogP contribution >= 0.6 is 11.8 Å². The van der Waals surface area contributed by atoms with Crippen LogP contribution in [0.5, 0.6) is 11.5 Å². The lowest BCUT2D eigenvalue weighted by Gasteiger charge is -2.17. The van der Waals surface area contributed by atoms with E-state index in [4.69, 9.17) is 9.47 Å². The van der Waals surface area contributed by atoms with Gasteiger partial charge in [0.2, 0.25) is 0 Å². The summed E-state index contributed by atoms with van der Waals surface area (Å²) in [4.78, 5) is 26.0. The van der Waals surface area contributed by atoms with Crippen LogP contribution in [0.15, 0.2) is 84.9 Å². The van der Waals surface area contributed by atoms with Gasteiger partial charge < -0.3 is 20.1 Å². The molecule has 0 saturated heterocycles. The zero-order valence-electron chi connectivity index (χ0n) is 20.4. The maximum absolute atomic E-state index is 13.0. The van der Waals surface area contributed by atoms with E-state index in [1.165, 1.54) is 0 Å². The van der Waals surface area contributed by atoms with Crippen molar-refractivity contribution in [1.29, 1.82) is 0 Å². The Morgan fingerprint density at radius 2 is 1.05 bits per heavy atom. The van der Waals surface area contributed by atoms with Gasteiger partial charge in [-0.2, -0.15) is 11.8 Å². The molecular weight excluding hydrogens is 484 g/mol. The van der Waals surface area contributed by atoms with E-state index in [1.807, 2.05) is 72.8 Å². The molecule has 4 aromatic rings. The Kier molecular flexibility index (Phi) is 7.61. The van der Waals surface area contributed by atoms with Gasteiger partial charge >= 0.3 is 0 Å². The molecule has 0 unspecified atom stereocenters. The number of nitrogens with one attached hydrogen (secondary N) is 2. The number of hydrogen-bond donors (Lipinski definition) is 2. The highest BCUT2D eigenvalue weighted by atomic mass is 32.2. The molecule has 6 nitrogen and oxygen atoms in total. The van der Waals surface area contributed by atoms with Crippen molar-refractivity contribution in [3.8, 4) is 11.5 Å². The van der Waals surface area contributed by atoms with Crippen molar-refractivity contribution >= 4 is 45.1 Å². The molecule has 1 aliphatic rings. The second kappa shape index (κ2) is 11.4. The molecule has 1 aliphatic heterocycles. The Bertz CT molecular complexity index is 1370. The average molecular weight is 513 g/mol. The third-order valence-electron chi connectivity index (χ3n) is 6.11. The maximum Gasteiger partial charge on any atom is 0.255 e. The molecule has 0 bridgehead atoms. The first-order valence-electron chi connectivity index (χ1n) is 12.2. The molecule has 0 aromatic heterocycles. The lowest BCUT2D eigenvalue weighted by atomic mass is 10.1. The topological polar surface area (TPSA) is 76.7 Å². The Morgan fingerprint density at radius 3 is 1.49 bits per heavy atom. The zero-order valence-corrected chi connectivity index (χ0v) is 21.2. The van der Waals surface area contributed by atoms with E-state index in [1.54, 1.807) is 11.8 Å². The number of carbonyl (C=O) groups is 2. The molecule has 2 N–H and O–H groups in total. The van der Waals surface area contributed by atoms with E-state index in [9.17, 15) is 9.59 Å². The Balaban J connectivity index is 1.42. The van der Waals surface area contributed by atoms with Gasteiger partial charge in [0, 0.05) is 24.6 Å². The normalized spacial score (nSPS) is 15.8. The molecule has 0 atom stereocenters. The lowest BCUT2D eigenvalue weighted by Crippen LogP contribution is -2.28. The van der Waals surface area contributed by atoms with Crippen LogP contribution in [-0.4, -0.2) is 49.6 Å². The van der Waals surface area contributed by atoms with Crippen LogP contribution in [0.25, 0.3) is 21.5 Å². The minimum Gasteiger partial charge on any atom is -0.488 e. The van der Waals surface area contributed by atoms with Gasteiger partial charge in [-0.25, -0.2) is 0 Å². The zero-order chi connectivity index (χ0) is 25.6. The van der Waals surface area contributed by atoms with E-state index < -0.39 is 0 Å². The molecule has 0 spiro atoms. The van der Waals surface area contributed by atoms with E-state index >= 15 is 0 Å². The quantitative estimate of drug-likeness (QED) is 0.316. The Hall–Kier alpha value is -3.97. The van der Waals surface area contributed by atoms with Crippen LogP contribution in [0.3, 0.4) is 0 Å². The largest absolute Gasteiger partial charge is 0.488 e. The third-order valence-corrected chi connectivity index (χ3v) is 7.10. The first-order valence-corrected chi connectivity index (χ1v) is 13.4. The summed E-state index contributed by atoms with van der Waals surface area (Å²) in [6.45, 7) is 5.47. The van der Waals surface area contributed by atoms with Crippen molar-refractivity contribution in [3.63, 3.8) is 0 Å². The third kappa shape index (κ3) is 5.89. The summed E-state index contributed by atoms with van der Waals surface area (Å²) in [6, 6.07) is 23.2. The van der Waals surface area contributed by atoms with Gasteiger partial charge in [0.05, 0.1) is 11.1 Å². The fourth-order valence-corrected chi connectivity index (χ4v) is 4.90. The van der Waals surface area contributed by atoms with Crippen LogP contribution in [0.2, 0.25) is 0 Å². The predicted octanol–water partition coefficient (Wildman–Crippen LogP) is 5.21. The van der Waals surface area contributed by atoms with Gasteiger partial charge in [-0.15, -0.1) is 0 Å². The Labute approximate surface area is 220 Å². The summed E-state index contributed by atoms with van der Waals surface area (Å²) < 4.78 is 12.2. The van der Waals surface area contributed by atoms with Gasteiger partial charge in [0.1, 0.15) is 24.7 Å². The first-order chi connectivity index (χ1) is 18.1. The molecule has 0 fully saturated rings. The molecule has 0 saturated carbocycles. The van der Waals surface area contributed by atoms with Crippen molar-refractivity contribution < 1.29 is 19.1 Å². The summed E-state index contributed by atoms with van der Waals surface area (Å²) in [5, 5.41) is 9.88. The standard InChI is InChI=1S/C30H28N2O4S/c1-20-18-35-27-16-23-8-4-2-6-21(23)14-25(27)29(33)31-10-12-37-13-11-32-30(34)26-15-22-7-3-5-9-24(22)17-28(26)36-19-20/h2-9,14-17H,1,10-13,18-19H2,(H,31,33)(H,32,34). The highest BCUT2D eigenvalue weighted by molar-refractivity contribution is 7.99. The number of benzene rings is 4. The number of amides is 2. The summed E-state index contributed by atoms with van der Waals surface area (Å²) in [5.74, 6) is 2.09. The number of carbonyl (C=O) groups excluding carboxylic acids is 2. The molecular formula is C30H28N2O4S. The smallest absolute Gasteiger partial charge is 0.255 e. The number of ether oxygens (including phenoxy) is 2. The maximum atomic E-state index is 13.0. The molecule has 188 valence electrons. The summed E-state index contributed by atoms with van der Waals surface area (Å²) in [6.07, 6.45) is 0. The highest BCUT2D eigenvalue weighted by Gasteiger charge is 2.17. The van der Waals surface area contributed by atoms with E-state index in [-0.39, 0.29) is 25.0 Å². The van der Waals surface area contributed by atoms with Crippen molar-refractivity contribution in [2.45, 2.75) is 0 Å².